The summed E-state index contributed by atoms with van der Waals surface area (Å²) in [7, 11) is 1.86. The van der Waals surface area contributed by atoms with E-state index >= 15 is 0 Å². The number of aryl methyl sites for hydroxylation is 1. The lowest BCUT2D eigenvalue weighted by atomic mass is 10.0. The van der Waals surface area contributed by atoms with Gasteiger partial charge in [-0.1, -0.05) is 18.2 Å². The van der Waals surface area contributed by atoms with Gasteiger partial charge in [-0.2, -0.15) is 5.10 Å². The average molecular weight is 468 g/mol. The molecule has 0 radical (unpaired) electrons. The molecule has 1 aromatic carbocycles. The number of nitrogens with one attached hydrogen (secondary N) is 3. The summed E-state index contributed by atoms with van der Waals surface area (Å²) in [6, 6.07) is 10.1. The zero-order chi connectivity index (χ0) is 24.2. The number of nitrogens with zero attached hydrogens (tertiary/aromatic N) is 4. The van der Waals surface area contributed by atoms with Crippen LogP contribution < -0.4 is 16.0 Å². The van der Waals surface area contributed by atoms with Crippen LogP contribution in [0.15, 0.2) is 42.6 Å². The van der Waals surface area contributed by atoms with Crippen LogP contribution in [0.4, 0.5) is 4.79 Å². The van der Waals surface area contributed by atoms with Crippen LogP contribution in [0.2, 0.25) is 0 Å². The van der Waals surface area contributed by atoms with Crippen molar-refractivity contribution in [3.05, 3.63) is 53.9 Å². The van der Waals surface area contributed by atoms with Gasteiger partial charge in [-0.15, -0.1) is 0 Å². The normalized spacial score (nSPS) is 22.5. The molecule has 34 heavy (non-hydrogen) atoms. The first-order chi connectivity index (χ1) is 16.3. The van der Waals surface area contributed by atoms with Crippen molar-refractivity contribution in [1.82, 2.24) is 35.5 Å². The first kappa shape index (κ1) is 23.7. The molecular weight excluding hydrogens is 434 g/mol. The first-order valence-corrected chi connectivity index (χ1v) is 11.7. The number of benzene rings is 1. The number of aromatic nitrogens is 2. The fraction of sp³-hybridized carbons (Fsp3) is 0.500. The Bertz CT molecular complexity index is 1020. The quantitative estimate of drug-likeness (QED) is 0.555. The number of rotatable bonds is 7. The van der Waals surface area contributed by atoms with Crippen LogP contribution in [0.3, 0.4) is 0 Å². The smallest absolute Gasteiger partial charge is 0.315 e. The Balaban J connectivity index is 1.46. The van der Waals surface area contributed by atoms with Gasteiger partial charge in [0, 0.05) is 57.1 Å². The molecule has 2 aromatic rings. The molecule has 4 rings (SSSR count). The van der Waals surface area contributed by atoms with Gasteiger partial charge < -0.3 is 20.9 Å². The molecule has 0 unspecified atom stereocenters. The molecule has 0 aliphatic carbocycles. The van der Waals surface area contributed by atoms with Gasteiger partial charge in [-0.25, -0.2) is 4.79 Å². The number of carbonyl (C=O) groups excluding carboxylic acids is 3. The zero-order valence-electron chi connectivity index (χ0n) is 19.9. The molecule has 0 spiro atoms. The molecular formula is C24H33N7O3. The lowest BCUT2D eigenvalue weighted by Gasteiger charge is -2.42. The van der Waals surface area contributed by atoms with Crippen molar-refractivity contribution in [2.24, 2.45) is 7.05 Å². The van der Waals surface area contributed by atoms with Crippen molar-refractivity contribution in [2.45, 2.75) is 51.0 Å². The first-order valence-electron chi connectivity index (χ1n) is 11.7. The maximum absolute atomic E-state index is 13.5. The van der Waals surface area contributed by atoms with Gasteiger partial charge in [-0.05, 0) is 38.5 Å². The minimum atomic E-state index is -0.505. The molecule has 0 bridgehead atoms. The van der Waals surface area contributed by atoms with Gasteiger partial charge in [0.25, 0.3) is 5.91 Å². The van der Waals surface area contributed by atoms with E-state index in [4.69, 9.17) is 0 Å². The monoisotopic (exact) mass is 467 g/mol. The van der Waals surface area contributed by atoms with Crippen LogP contribution in [0.5, 0.6) is 0 Å². The number of piperazine rings is 1. The predicted molar refractivity (Wildman–Crippen MR) is 127 cm³/mol. The minimum absolute atomic E-state index is 0.00152. The number of urea groups is 1. The van der Waals surface area contributed by atoms with Crippen LogP contribution in [0.1, 0.15) is 36.3 Å². The summed E-state index contributed by atoms with van der Waals surface area (Å²) in [5.74, 6) is -0.242. The lowest BCUT2D eigenvalue weighted by molar-refractivity contribution is -0.143. The van der Waals surface area contributed by atoms with Crippen LogP contribution in [-0.4, -0.2) is 81.2 Å². The van der Waals surface area contributed by atoms with E-state index in [1.54, 1.807) is 16.8 Å². The second-order valence-corrected chi connectivity index (χ2v) is 9.35. The van der Waals surface area contributed by atoms with E-state index < -0.39 is 6.04 Å². The van der Waals surface area contributed by atoms with E-state index in [-0.39, 0.29) is 42.5 Å². The number of amides is 4. The van der Waals surface area contributed by atoms with Crippen molar-refractivity contribution >= 4 is 17.8 Å². The molecule has 10 heteroatoms. The van der Waals surface area contributed by atoms with E-state index in [2.05, 4.69) is 25.9 Å². The molecule has 182 valence electrons. The summed E-state index contributed by atoms with van der Waals surface area (Å²) in [5.41, 5.74) is 1.42. The summed E-state index contributed by atoms with van der Waals surface area (Å²) in [5, 5.41) is 13.2. The SMILES string of the molecule is CC(C)NC(=O)N[C@H]1C[C@H]2CN(Cc3ccn(C)n3)[C@@H](CNC(=O)c3ccccc3)C(=O)N2C1. The second-order valence-electron chi connectivity index (χ2n) is 9.35. The predicted octanol–water partition coefficient (Wildman–Crippen LogP) is 0.711. The molecule has 0 saturated carbocycles. The van der Waals surface area contributed by atoms with Crippen molar-refractivity contribution < 1.29 is 14.4 Å². The highest BCUT2D eigenvalue weighted by Gasteiger charge is 2.45. The third-order valence-corrected chi connectivity index (χ3v) is 6.25. The standard InChI is InChI=1S/C24H33N7O3/c1-16(2)26-24(34)27-19-11-20-15-30(13-18-9-10-29(3)28-18)21(23(33)31(20)14-19)12-25-22(32)17-7-5-4-6-8-17/h4-10,16,19-21H,11-15H2,1-3H3,(H,25,32)(H2,26,27,34)/t19-,20-,21-/m0/s1. The van der Waals surface area contributed by atoms with Crippen molar-refractivity contribution in [2.75, 3.05) is 19.6 Å². The van der Waals surface area contributed by atoms with E-state index in [9.17, 15) is 14.4 Å². The van der Waals surface area contributed by atoms with Crippen molar-refractivity contribution in [3.8, 4) is 0 Å². The van der Waals surface area contributed by atoms with E-state index in [1.807, 2.05) is 56.3 Å². The summed E-state index contributed by atoms with van der Waals surface area (Å²) in [6.07, 6.45) is 2.57. The number of hydrogen-bond donors (Lipinski definition) is 3. The zero-order valence-corrected chi connectivity index (χ0v) is 19.9. The topological polar surface area (TPSA) is 112 Å². The largest absolute Gasteiger partial charge is 0.350 e. The van der Waals surface area contributed by atoms with Crippen LogP contribution in [-0.2, 0) is 18.4 Å². The highest BCUT2D eigenvalue weighted by atomic mass is 16.2. The van der Waals surface area contributed by atoms with E-state index in [1.165, 1.54) is 0 Å². The minimum Gasteiger partial charge on any atom is -0.350 e. The van der Waals surface area contributed by atoms with Gasteiger partial charge in [0.1, 0.15) is 6.04 Å². The molecule has 1 aromatic heterocycles. The molecule has 2 fully saturated rings. The number of fused-ring (bicyclic) bond motifs is 1. The van der Waals surface area contributed by atoms with E-state index in [0.717, 1.165) is 5.69 Å². The Kier molecular flexibility index (Phi) is 7.16. The summed E-state index contributed by atoms with van der Waals surface area (Å²) in [4.78, 5) is 42.3. The third kappa shape index (κ3) is 5.56. The van der Waals surface area contributed by atoms with Crippen LogP contribution in [0.25, 0.3) is 0 Å². The Morgan fingerprint density at radius 2 is 1.91 bits per heavy atom. The highest BCUT2D eigenvalue weighted by Crippen LogP contribution is 2.27. The molecule has 3 heterocycles. The third-order valence-electron chi connectivity index (χ3n) is 6.25. The van der Waals surface area contributed by atoms with E-state index in [0.29, 0.717) is 31.6 Å². The van der Waals surface area contributed by atoms with Gasteiger partial charge >= 0.3 is 6.03 Å². The average Bonchev–Trinajstić information content (AvgIpc) is 3.38. The Morgan fingerprint density at radius 1 is 1.15 bits per heavy atom. The number of carbonyl (C=O) groups is 3. The van der Waals surface area contributed by atoms with Crippen LogP contribution in [0, 0.1) is 0 Å². The maximum Gasteiger partial charge on any atom is 0.315 e. The molecule has 4 amide bonds. The van der Waals surface area contributed by atoms with Crippen molar-refractivity contribution in [1.29, 1.82) is 0 Å². The van der Waals surface area contributed by atoms with Crippen molar-refractivity contribution in [3.63, 3.8) is 0 Å². The molecule has 10 nitrogen and oxygen atoms in total. The lowest BCUT2D eigenvalue weighted by Crippen LogP contribution is -2.62. The molecule has 2 aliphatic rings. The summed E-state index contributed by atoms with van der Waals surface area (Å²) < 4.78 is 1.74. The molecule has 3 atom stereocenters. The molecule has 2 aliphatic heterocycles. The summed E-state index contributed by atoms with van der Waals surface area (Å²) >= 11 is 0. The van der Waals surface area contributed by atoms with Crippen LogP contribution >= 0.6 is 0 Å². The number of hydrogen-bond acceptors (Lipinski definition) is 5. The molecule has 2 saturated heterocycles. The highest BCUT2D eigenvalue weighted by molar-refractivity contribution is 5.94. The Morgan fingerprint density at radius 3 is 2.59 bits per heavy atom. The fourth-order valence-corrected chi connectivity index (χ4v) is 4.73. The van der Waals surface area contributed by atoms with Gasteiger partial charge in [0.05, 0.1) is 11.7 Å². The molecule has 3 N–H and O–H groups in total. The van der Waals surface area contributed by atoms with Gasteiger partial charge in [-0.3, -0.25) is 19.2 Å². The Labute approximate surface area is 199 Å². The Hall–Kier alpha value is -3.40. The maximum atomic E-state index is 13.5. The fourth-order valence-electron chi connectivity index (χ4n) is 4.73. The second kappa shape index (κ2) is 10.3. The van der Waals surface area contributed by atoms with Gasteiger partial charge in [0.2, 0.25) is 5.91 Å². The van der Waals surface area contributed by atoms with Gasteiger partial charge in [0.15, 0.2) is 0 Å². The summed E-state index contributed by atoms with van der Waals surface area (Å²) in [6.45, 7) is 5.65.